The van der Waals surface area contributed by atoms with Gasteiger partial charge < -0.3 is 4.74 Å². The molecule has 0 aliphatic rings. The van der Waals surface area contributed by atoms with Crippen LogP contribution < -0.4 is 4.74 Å². The Bertz CT molecular complexity index is 1190. The number of ether oxygens (including phenoxy) is 1. The maximum Gasteiger partial charge on any atom is 0.216 e. The molecule has 0 aliphatic heterocycles. The predicted octanol–water partition coefficient (Wildman–Crippen LogP) is 3.99. The molecule has 1 N–H and O–H groups in total. The zero-order valence-corrected chi connectivity index (χ0v) is 16.2. The zero-order valence-electron chi connectivity index (χ0n) is 15.4. The lowest BCUT2D eigenvalue weighted by Crippen LogP contribution is -1.95. The van der Waals surface area contributed by atoms with E-state index in [1.54, 1.807) is 18.0 Å². The minimum Gasteiger partial charge on any atom is -0.496 e. The first kappa shape index (κ1) is 17.9. The van der Waals surface area contributed by atoms with Crippen LogP contribution in [0.1, 0.15) is 11.4 Å². The number of hydrogen-bond donors (Lipinski definition) is 1. The molecule has 0 saturated carbocycles. The van der Waals surface area contributed by atoms with E-state index in [1.807, 2.05) is 72.4 Å². The van der Waals surface area contributed by atoms with E-state index in [1.165, 1.54) is 0 Å². The van der Waals surface area contributed by atoms with Gasteiger partial charge in [-0.15, -0.1) is 0 Å². The molecule has 0 atom stereocenters. The van der Waals surface area contributed by atoms with E-state index in [9.17, 15) is 0 Å². The van der Waals surface area contributed by atoms with E-state index in [-0.39, 0.29) is 0 Å². The summed E-state index contributed by atoms with van der Waals surface area (Å²) in [4.78, 5) is 0. The summed E-state index contributed by atoms with van der Waals surface area (Å²) in [5, 5.41) is 16.1. The Labute approximate surface area is 166 Å². The van der Waals surface area contributed by atoms with Crippen LogP contribution in [0.25, 0.3) is 16.9 Å². The Morgan fingerprint density at radius 2 is 1.86 bits per heavy atom. The molecule has 7 nitrogen and oxygen atoms in total. The average molecular weight is 390 g/mol. The first-order valence-electron chi connectivity index (χ1n) is 8.64. The summed E-state index contributed by atoms with van der Waals surface area (Å²) < 4.78 is 9.36. The predicted molar refractivity (Wildman–Crippen MR) is 111 cm³/mol. The summed E-state index contributed by atoms with van der Waals surface area (Å²) in [6.07, 6.45) is 3.66. The van der Waals surface area contributed by atoms with Gasteiger partial charge in [0.05, 0.1) is 19.0 Å². The van der Waals surface area contributed by atoms with Crippen LogP contribution in [-0.2, 0) is 0 Å². The Kier molecular flexibility index (Phi) is 4.86. The van der Waals surface area contributed by atoms with E-state index < -0.39 is 0 Å². The van der Waals surface area contributed by atoms with Crippen LogP contribution in [0.15, 0.2) is 65.9 Å². The number of aromatic nitrogens is 5. The highest BCUT2D eigenvalue weighted by Crippen LogP contribution is 2.31. The summed E-state index contributed by atoms with van der Waals surface area (Å²) in [5.41, 5.74) is 3.43. The fourth-order valence-electron chi connectivity index (χ4n) is 2.87. The normalized spacial score (nSPS) is 11.2. The Morgan fingerprint density at radius 3 is 2.57 bits per heavy atom. The lowest BCUT2D eigenvalue weighted by atomic mass is 10.1. The van der Waals surface area contributed by atoms with Crippen LogP contribution in [0.3, 0.4) is 0 Å². The van der Waals surface area contributed by atoms with E-state index in [0.717, 1.165) is 28.3 Å². The fourth-order valence-corrected chi connectivity index (χ4v) is 3.10. The molecule has 0 saturated heterocycles. The van der Waals surface area contributed by atoms with Gasteiger partial charge in [-0.25, -0.2) is 4.68 Å². The van der Waals surface area contributed by atoms with Crippen molar-refractivity contribution < 1.29 is 4.74 Å². The maximum atomic E-state index is 5.53. The summed E-state index contributed by atoms with van der Waals surface area (Å²) in [7, 11) is 1.65. The van der Waals surface area contributed by atoms with Crippen molar-refractivity contribution in [2.24, 2.45) is 5.10 Å². The van der Waals surface area contributed by atoms with Crippen molar-refractivity contribution in [3.8, 4) is 22.7 Å². The van der Waals surface area contributed by atoms with Crippen LogP contribution in [0.5, 0.6) is 5.75 Å². The number of aromatic amines is 1. The molecule has 0 amide bonds. The van der Waals surface area contributed by atoms with Gasteiger partial charge in [-0.1, -0.05) is 30.3 Å². The van der Waals surface area contributed by atoms with E-state index >= 15 is 0 Å². The van der Waals surface area contributed by atoms with Crippen LogP contribution in [0.2, 0.25) is 0 Å². The van der Waals surface area contributed by atoms with Gasteiger partial charge in [-0.3, -0.25) is 5.10 Å². The first-order chi connectivity index (χ1) is 13.7. The second-order valence-electron chi connectivity index (χ2n) is 6.05. The standard InChI is InChI=1S/C20H18N6OS/c1-14-22-23-20(28)26(14)21-12-15-13-25(16-8-4-3-5-9-16)24-19(15)17-10-6-7-11-18(17)27-2/h3-13H,1-2H3,(H,23,28)/b21-12-. The van der Waals surface area contributed by atoms with Gasteiger partial charge >= 0.3 is 0 Å². The maximum absolute atomic E-state index is 5.53. The fraction of sp³-hybridized carbons (Fsp3) is 0.100. The van der Waals surface area contributed by atoms with Gasteiger partial charge in [0.25, 0.3) is 0 Å². The zero-order chi connectivity index (χ0) is 19.5. The number of benzene rings is 2. The molecular weight excluding hydrogens is 372 g/mol. The van der Waals surface area contributed by atoms with Crippen molar-refractivity contribution in [1.82, 2.24) is 24.7 Å². The molecule has 140 valence electrons. The second-order valence-corrected chi connectivity index (χ2v) is 6.43. The average Bonchev–Trinajstić information content (AvgIpc) is 3.30. The highest BCUT2D eigenvalue weighted by Gasteiger charge is 2.15. The van der Waals surface area contributed by atoms with Crippen molar-refractivity contribution in [1.29, 1.82) is 0 Å². The largest absolute Gasteiger partial charge is 0.496 e. The van der Waals surface area contributed by atoms with Crippen molar-refractivity contribution in [3.05, 3.63) is 77.0 Å². The van der Waals surface area contributed by atoms with Gasteiger partial charge in [0.2, 0.25) is 4.77 Å². The smallest absolute Gasteiger partial charge is 0.216 e. The van der Waals surface area contributed by atoms with Gasteiger partial charge in [-0.2, -0.15) is 20.0 Å². The van der Waals surface area contributed by atoms with E-state index in [2.05, 4.69) is 15.3 Å². The molecule has 8 heteroatoms. The summed E-state index contributed by atoms with van der Waals surface area (Å²) >= 11 is 5.23. The van der Waals surface area contributed by atoms with Crippen LogP contribution >= 0.6 is 12.2 Å². The molecule has 0 spiro atoms. The lowest BCUT2D eigenvalue weighted by molar-refractivity contribution is 0.416. The van der Waals surface area contributed by atoms with Crippen molar-refractivity contribution in [2.45, 2.75) is 6.92 Å². The minimum absolute atomic E-state index is 0.433. The number of nitrogens with one attached hydrogen (secondary N) is 1. The highest BCUT2D eigenvalue weighted by atomic mass is 32.1. The van der Waals surface area contributed by atoms with Gasteiger partial charge in [-0.05, 0) is 43.4 Å². The molecule has 2 heterocycles. The first-order valence-corrected chi connectivity index (χ1v) is 9.05. The number of rotatable bonds is 5. The molecule has 4 aromatic rings. The second kappa shape index (κ2) is 7.61. The third-order valence-corrected chi connectivity index (χ3v) is 4.51. The van der Waals surface area contributed by atoms with Gasteiger partial charge in [0, 0.05) is 17.3 Å². The molecular formula is C20H18N6OS. The number of methoxy groups -OCH3 is 1. The Morgan fingerprint density at radius 1 is 1.11 bits per heavy atom. The third-order valence-electron chi connectivity index (χ3n) is 4.25. The molecule has 0 unspecified atom stereocenters. The van der Waals surface area contributed by atoms with Gasteiger partial charge in [0.15, 0.2) is 0 Å². The molecule has 0 aliphatic carbocycles. The Balaban J connectivity index is 1.86. The van der Waals surface area contributed by atoms with Gasteiger partial charge in [0.1, 0.15) is 17.3 Å². The quantitative estimate of drug-likeness (QED) is 0.413. The molecule has 4 rings (SSSR count). The summed E-state index contributed by atoms with van der Waals surface area (Å²) in [5.74, 6) is 1.42. The molecule has 0 radical (unpaired) electrons. The molecule has 2 aromatic carbocycles. The van der Waals surface area contributed by atoms with Crippen molar-refractivity contribution in [2.75, 3.05) is 7.11 Å². The van der Waals surface area contributed by atoms with Crippen LogP contribution in [-0.4, -0.2) is 38.0 Å². The van der Waals surface area contributed by atoms with Crippen molar-refractivity contribution >= 4 is 18.4 Å². The van der Waals surface area contributed by atoms with E-state index in [4.69, 9.17) is 22.1 Å². The topological polar surface area (TPSA) is 73.0 Å². The molecule has 0 bridgehead atoms. The van der Waals surface area contributed by atoms with Crippen molar-refractivity contribution in [3.63, 3.8) is 0 Å². The number of nitrogens with zero attached hydrogens (tertiary/aromatic N) is 5. The molecule has 28 heavy (non-hydrogen) atoms. The third kappa shape index (κ3) is 3.37. The Hall–Kier alpha value is -3.52. The highest BCUT2D eigenvalue weighted by molar-refractivity contribution is 7.71. The number of aryl methyl sites for hydroxylation is 1. The monoisotopic (exact) mass is 390 g/mol. The number of para-hydroxylation sites is 2. The summed E-state index contributed by atoms with van der Waals surface area (Å²) in [6, 6.07) is 17.7. The minimum atomic E-state index is 0.433. The SMILES string of the molecule is COc1ccccc1-c1nn(-c2ccccc2)cc1/C=N\n1c(C)n[nH]c1=S. The lowest BCUT2D eigenvalue weighted by Gasteiger charge is -2.06. The number of hydrogen-bond acceptors (Lipinski definition) is 5. The molecule has 2 aromatic heterocycles. The summed E-state index contributed by atoms with van der Waals surface area (Å²) in [6.45, 7) is 1.83. The van der Waals surface area contributed by atoms with Crippen LogP contribution in [0, 0.1) is 11.7 Å². The van der Waals surface area contributed by atoms with E-state index in [0.29, 0.717) is 10.6 Å². The molecule has 0 fully saturated rings. The van der Waals surface area contributed by atoms with Crippen LogP contribution in [0.4, 0.5) is 0 Å². The number of H-pyrrole nitrogens is 1.